The number of benzene rings is 2. The Hall–Kier alpha value is -2.24. The Bertz CT molecular complexity index is 885. The van der Waals surface area contributed by atoms with Gasteiger partial charge in [-0.15, -0.1) is 0 Å². The van der Waals surface area contributed by atoms with E-state index >= 15 is 0 Å². The van der Waals surface area contributed by atoms with E-state index in [1.54, 1.807) is 25.1 Å². The van der Waals surface area contributed by atoms with Crippen LogP contribution >= 0.6 is 23.2 Å². The highest BCUT2D eigenvalue weighted by atomic mass is 35.5. The predicted molar refractivity (Wildman–Crippen MR) is 126 cm³/mol. The van der Waals surface area contributed by atoms with E-state index in [1.165, 1.54) is 10.5 Å². The van der Waals surface area contributed by atoms with E-state index in [1.807, 2.05) is 31.2 Å². The fourth-order valence-electron chi connectivity index (χ4n) is 2.99. The highest BCUT2D eigenvalue weighted by Gasteiger charge is 2.27. The SMILES string of the molecule is CCCNC(=O)[C@H](C)N(Cc1ccc(Cl)cc1Cl)C(=O)COc1ccc(C(C)C)cc1. The predicted octanol–water partition coefficient (Wildman–Crippen LogP) is 5.44. The summed E-state index contributed by atoms with van der Waals surface area (Å²) < 4.78 is 5.70. The number of nitrogens with one attached hydrogen (secondary N) is 1. The van der Waals surface area contributed by atoms with Crippen molar-refractivity contribution < 1.29 is 14.3 Å². The monoisotopic (exact) mass is 464 g/mol. The van der Waals surface area contributed by atoms with E-state index in [0.717, 1.165) is 6.42 Å². The van der Waals surface area contributed by atoms with Gasteiger partial charge in [0.25, 0.3) is 5.91 Å². The Morgan fingerprint density at radius 3 is 2.32 bits per heavy atom. The summed E-state index contributed by atoms with van der Waals surface area (Å²) in [5.41, 5.74) is 1.90. The van der Waals surface area contributed by atoms with Crippen molar-refractivity contribution in [2.75, 3.05) is 13.2 Å². The van der Waals surface area contributed by atoms with Crippen LogP contribution in [0.3, 0.4) is 0 Å². The molecule has 0 aliphatic carbocycles. The van der Waals surface area contributed by atoms with Gasteiger partial charge >= 0.3 is 0 Å². The number of hydrogen-bond acceptors (Lipinski definition) is 3. The number of hydrogen-bond donors (Lipinski definition) is 1. The highest BCUT2D eigenvalue weighted by Crippen LogP contribution is 2.24. The van der Waals surface area contributed by atoms with E-state index in [4.69, 9.17) is 27.9 Å². The first-order chi connectivity index (χ1) is 14.7. The lowest BCUT2D eigenvalue weighted by Crippen LogP contribution is -2.49. The van der Waals surface area contributed by atoms with Crippen LogP contribution in [0, 0.1) is 0 Å². The molecule has 2 rings (SSSR count). The first-order valence-corrected chi connectivity index (χ1v) is 11.2. The largest absolute Gasteiger partial charge is 0.484 e. The number of amides is 2. The Kier molecular flexibility index (Phi) is 9.66. The summed E-state index contributed by atoms with van der Waals surface area (Å²) in [6, 6.07) is 12.1. The molecule has 31 heavy (non-hydrogen) atoms. The van der Waals surface area contributed by atoms with Crippen LogP contribution in [0.15, 0.2) is 42.5 Å². The molecule has 2 amide bonds. The number of halogens is 2. The van der Waals surface area contributed by atoms with Crippen molar-refractivity contribution in [3.63, 3.8) is 0 Å². The smallest absolute Gasteiger partial charge is 0.261 e. The number of carbonyl (C=O) groups excluding carboxylic acids is 2. The van der Waals surface area contributed by atoms with Gasteiger partial charge in [0.05, 0.1) is 0 Å². The molecule has 0 saturated heterocycles. The molecule has 0 unspecified atom stereocenters. The van der Waals surface area contributed by atoms with Crippen molar-refractivity contribution >= 4 is 35.0 Å². The van der Waals surface area contributed by atoms with Gasteiger partial charge in [-0.05, 0) is 54.7 Å². The zero-order chi connectivity index (χ0) is 23.0. The fourth-order valence-corrected chi connectivity index (χ4v) is 3.46. The molecule has 0 radical (unpaired) electrons. The third-order valence-electron chi connectivity index (χ3n) is 4.98. The molecule has 2 aromatic carbocycles. The molecule has 0 fully saturated rings. The molecular formula is C24H30Cl2N2O3. The molecule has 168 valence electrons. The molecule has 0 aromatic heterocycles. The van der Waals surface area contributed by atoms with Gasteiger partial charge in [-0.25, -0.2) is 0 Å². The van der Waals surface area contributed by atoms with Crippen molar-refractivity contribution in [1.29, 1.82) is 0 Å². The molecule has 0 bridgehead atoms. The second kappa shape index (κ2) is 12.0. The van der Waals surface area contributed by atoms with E-state index in [0.29, 0.717) is 33.8 Å². The zero-order valence-electron chi connectivity index (χ0n) is 18.5. The van der Waals surface area contributed by atoms with Gasteiger partial charge in [0, 0.05) is 23.1 Å². The van der Waals surface area contributed by atoms with Crippen LogP contribution < -0.4 is 10.1 Å². The Labute approximate surface area is 194 Å². The van der Waals surface area contributed by atoms with Crippen molar-refractivity contribution in [1.82, 2.24) is 10.2 Å². The van der Waals surface area contributed by atoms with Gasteiger partial charge in [0.2, 0.25) is 5.91 Å². The average molecular weight is 465 g/mol. The molecule has 1 atom stereocenters. The summed E-state index contributed by atoms with van der Waals surface area (Å²) in [6.45, 7) is 8.44. The molecule has 2 aromatic rings. The summed E-state index contributed by atoms with van der Waals surface area (Å²) in [4.78, 5) is 27.1. The van der Waals surface area contributed by atoms with Crippen molar-refractivity contribution in [3.05, 3.63) is 63.6 Å². The van der Waals surface area contributed by atoms with Crippen LogP contribution in [0.1, 0.15) is 51.2 Å². The van der Waals surface area contributed by atoms with Crippen LogP contribution in [0.25, 0.3) is 0 Å². The molecule has 0 saturated carbocycles. The first-order valence-electron chi connectivity index (χ1n) is 10.5. The van der Waals surface area contributed by atoms with Crippen molar-refractivity contribution in [2.45, 2.75) is 52.6 Å². The summed E-state index contributed by atoms with van der Waals surface area (Å²) in [7, 11) is 0. The Morgan fingerprint density at radius 2 is 1.74 bits per heavy atom. The van der Waals surface area contributed by atoms with Crippen LogP contribution in [0.2, 0.25) is 10.0 Å². The quantitative estimate of drug-likeness (QED) is 0.509. The van der Waals surface area contributed by atoms with Crippen LogP contribution in [0.4, 0.5) is 0 Å². The number of carbonyl (C=O) groups is 2. The summed E-state index contributed by atoms with van der Waals surface area (Å²) in [6.07, 6.45) is 0.810. The second-order valence-electron chi connectivity index (χ2n) is 7.74. The number of ether oxygens (including phenoxy) is 1. The van der Waals surface area contributed by atoms with Crippen LogP contribution in [0.5, 0.6) is 5.75 Å². The lowest BCUT2D eigenvalue weighted by Gasteiger charge is -2.29. The number of nitrogens with zero attached hydrogens (tertiary/aromatic N) is 1. The van der Waals surface area contributed by atoms with E-state index in [9.17, 15) is 9.59 Å². The van der Waals surface area contributed by atoms with E-state index in [2.05, 4.69) is 19.2 Å². The lowest BCUT2D eigenvalue weighted by atomic mass is 10.0. The molecule has 0 aliphatic heterocycles. The third kappa shape index (κ3) is 7.44. The van der Waals surface area contributed by atoms with E-state index in [-0.39, 0.29) is 25.0 Å². The van der Waals surface area contributed by atoms with Gasteiger partial charge in [-0.2, -0.15) is 0 Å². The number of rotatable bonds is 10. The van der Waals surface area contributed by atoms with Crippen LogP contribution in [-0.4, -0.2) is 35.9 Å². The molecule has 0 heterocycles. The van der Waals surface area contributed by atoms with Crippen molar-refractivity contribution in [3.8, 4) is 5.75 Å². The van der Waals surface area contributed by atoms with Crippen LogP contribution in [-0.2, 0) is 16.1 Å². The average Bonchev–Trinajstić information content (AvgIpc) is 2.75. The summed E-state index contributed by atoms with van der Waals surface area (Å²) >= 11 is 12.3. The minimum atomic E-state index is -0.683. The minimum Gasteiger partial charge on any atom is -0.484 e. The molecule has 0 spiro atoms. The molecule has 0 aliphatic rings. The molecule has 7 heteroatoms. The van der Waals surface area contributed by atoms with Gasteiger partial charge in [0.15, 0.2) is 6.61 Å². The zero-order valence-corrected chi connectivity index (χ0v) is 20.0. The summed E-state index contributed by atoms with van der Waals surface area (Å²) in [5.74, 6) is 0.489. The maximum Gasteiger partial charge on any atom is 0.261 e. The van der Waals surface area contributed by atoms with Crippen molar-refractivity contribution in [2.24, 2.45) is 0 Å². The van der Waals surface area contributed by atoms with Gasteiger partial charge < -0.3 is 15.0 Å². The molecule has 1 N–H and O–H groups in total. The highest BCUT2D eigenvalue weighted by molar-refractivity contribution is 6.35. The first kappa shape index (κ1) is 25.0. The fraction of sp³-hybridized carbons (Fsp3) is 0.417. The molecular weight excluding hydrogens is 435 g/mol. The normalized spacial score (nSPS) is 11.8. The van der Waals surface area contributed by atoms with Gasteiger partial charge in [-0.3, -0.25) is 9.59 Å². The third-order valence-corrected chi connectivity index (χ3v) is 5.57. The topological polar surface area (TPSA) is 58.6 Å². The Morgan fingerprint density at radius 1 is 1.06 bits per heavy atom. The Balaban J connectivity index is 2.15. The lowest BCUT2D eigenvalue weighted by molar-refractivity contribution is -0.142. The molecule has 5 nitrogen and oxygen atoms in total. The summed E-state index contributed by atoms with van der Waals surface area (Å²) in [5, 5.41) is 3.79. The standard InChI is InChI=1S/C24H30Cl2N2O3/c1-5-12-27-24(30)17(4)28(14-19-6-9-20(25)13-22(19)26)23(29)15-31-21-10-7-18(8-11-21)16(2)3/h6-11,13,16-17H,5,12,14-15H2,1-4H3,(H,27,30)/t17-/m0/s1. The maximum atomic E-state index is 13.0. The van der Waals surface area contributed by atoms with Gasteiger partial charge in [0.1, 0.15) is 11.8 Å². The second-order valence-corrected chi connectivity index (χ2v) is 8.58. The van der Waals surface area contributed by atoms with E-state index < -0.39 is 6.04 Å². The minimum absolute atomic E-state index is 0.172. The van der Waals surface area contributed by atoms with Gasteiger partial charge in [-0.1, -0.05) is 62.2 Å². The maximum absolute atomic E-state index is 13.0.